The van der Waals surface area contributed by atoms with E-state index in [9.17, 15) is 9.90 Å². The van der Waals surface area contributed by atoms with E-state index in [-0.39, 0.29) is 0 Å². The number of benzene rings is 1. The van der Waals surface area contributed by atoms with Crippen LogP contribution in [0.2, 0.25) is 0 Å². The molecule has 1 aromatic heterocycles. The normalized spacial score (nSPS) is 12.6. The summed E-state index contributed by atoms with van der Waals surface area (Å²) in [5, 5.41) is 24.8. The van der Waals surface area contributed by atoms with Crippen molar-refractivity contribution in [1.82, 2.24) is 10.2 Å². The summed E-state index contributed by atoms with van der Waals surface area (Å²) in [6, 6.07) is 12.2. The number of anilines is 1. The predicted molar refractivity (Wildman–Crippen MR) is 100 cm³/mol. The van der Waals surface area contributed by atoms with Crippen LogP contribution in [0.25, 0.3) is 0 Å². The van der Waals surface area contributed by atoms with Crippen molar-refractivity contribution in [2.75, 3.05) is 5.32 Å². The van der Waals surface area contributed by atoms with Gasteiger partial charge in [0.15, 0.2) is 11.9 Å². The Hall–Kier alpha value is -2.45. The number of aliphatic hydroxyl groups excluding tert-OH is 1. The molecule has 1 unspecified atom stereocenters. The van der Waals surface area contributed by atoms with Crippen LogP contribution in [0, 0.1) is 0 Å². The van der Waals surface area contributed by atoms with Gasteiger partial charge in [-0.1, -0.05) is 30.3 Å². The number of aryl methyl sites for hydroxylation is 1. The van der Waals surface area contributed by atoms with Gasteiger partial charge in [-0.25, -0.2) is 0 Å². The highest BCUT2D eigenvalue weighted by atomic mass is 32.1. The van der Waals surface area contributed by atoms with Crippen molar-refractivity contribution in [2.45, 2.75) is 31.8 Å². The third kappa shape index (κ3) is 6.17. The number of nitrogens with one attached hydrogen (secondary N) is 1. The van der Waals surface area contributed by atoms with Crippen molar-refractivity contribution >= 4 is 29.4 Å². The fourth-order valence-corrected chi connectivity index (χ4v) is 2.35. The minimum Gasteiger partial charge on any atom is -0.378 e. The maximum Gasteiger partial charge on any atom is 0.259 e. The number of nitrogens with zero attached hydrogens (tertiary/aromatic N) is 3. The van der Waals surface area contributed by atoms with Gasteiger partial charge in [-0.05, 0) is 43.4 Å². The maximum absolute atomic E-state index is 12.0. The lowest BCUT2D eigenvalue weighted by atomic mass is 10.1. The highest BCUT2D eigenvalue weighted by Crippen LogP contribution is 2.14. The lowest BCUT2D eigenvalue weighted by Gasteiger charge is -2.11. The van der Waals surface area contributed by atoms with Crippen LogP contribution in [0.1, 0.15) is 36.6 Å². The first-order chi connectivity index (χ1) is 12.1. The first-order valence-corrected chi connectivity index (χ1v) is 8.37. The Balaban J connectivity index is 1.82. The van der Waals surface area contributed by atoms with E-state index in [2.05, 4.69) is 33.2 Å². The van der Waals surface area contributed by atoms with Crippen molar-refractivity contribution in [2.24, 2.45) is 10.9 Å². The van der Waals surface area contributed by atoms with E-state index in [1.54, 1.807) is 36.4 Å². The molecule has 1 atom stereocenters. The smallest absolute Gasteiger partial charge is 0.259 e. The molecule has 25 heavy (non-hydrogen) atoms. The van der Waals surface area contributed by atoms with Gasteiger partial charge in [-0.2, -0.15) is 10.2 Å². The Morgan fingerprint density at radius 3 is 2.60 bits per heavy atom. The molecular formula is C17H21N5O2S. The zero-order valence-corrected chi connectivity index (χ0v) is 14.6. The van der Waals surface area contributed by atoms with Crippen molar-refractivity contribution in [3.05, 3.63) is 53.7 Å². The number of rotatable bonds is 8. The molecule has 0 bridgehead atoms. The highest BCUT2D eigenvalue weighted by Gasteiger charge is 2.17. The molecule has 132 valence electrons. The van der Waals surface area contributed by atoms with E-state index in [0.717, 1.165) is 31.4 Å². The molecule has 2 rings (SSSR count). The molecule has 0 aliphatic rings. The van der Waals surface area contributed by atoms with E-state index in [1.165, 1.54) is 0 Å². The van der Waals surface area contributed by atoms with E-state index in [0.29, 0.717) is 16.4 Å². The van der Waals surface area contributed by atoms with Crippen molar-refractivity contribution in [3.8, 4) is 0 Å². The molecule has 1 amide bonds. The third-order valence-corrected chi connectivity index (χ3v) is 3.91. The number of carbonyl (C=O) groups excluding carboxylic acids is 1. The standard InChI is InChI=1S/C17H21N5O2S/c18-20-15(25)9-5-4-8-13-10-11-14(22-21-13)19-17(24)16(23)12-6-2-1-3-7-12/h1-3,6-7,10-11,16,23H,4-5,8-9,18H2,(H,20,25)(H,19,22,24). The van der Waals surface area contributed by atoms with Crippen molar-refractivity contribution in [3.63, 3.8) is 0 Å². The molecule has 0 saturated heterocycles. The Morgan fingerprint density at radius 2 is 1.96 bits per heavy atom. The third-order valence-electron chi connectivity index (χ3n) is 3.57. The van der Waals surface area contributed by atoms with Gasteiger partial charge >= 0.3 is 0 Å². The van der Waals surface area contributed by atoms with E-state index in [1.807, 2.05) is 6.07 Å². The fourth-order valence-electron chi connectivity index (χ4n) is 2.19. The Labute approximate surface area is 151 Å². The summed E-state index contributed by atoms with van der Waals surface area (Å²) < 4.78 is 0. The summed E-state index contributed by atoms with van der Waals surface area (Å²) in [4.78, 5) is 12.0. The largest absolute Gasteiger partial charge is 0.378 e. The quantitative estimate of drug-likeness (QED) is 0.144. The number of thiol groups is 1. The molecule has 8 heteroatoms. The Bertz CT molecular complexity index is 707. The molecule has 1 aromatic carbocycles. The van der Waals surface area contributed by atoms with Crippen LogP contribution in [0.3, 0.4) is 0 Å². The fraction of sp³-hybridized carbons (Fsp3) is 0.294. The number of amides is 1. The second-order valence-electron chi connectivity index (χ2n) is 5.46. The number of aromatic nitrogens is 2. The molecule has 0 aliphatic carbocycles. The number of hydrogen-bond donors (Lipinski definition) is 4. The van der Waals surface area contributed by atoms with Crippen LogP contribution in [-0.2, 0) is 11.2 Å². The van der Waals surface area contributed by atoms with Gasteiger partial charge in [-0.15, -0.1) is 17.7 Å². The molecule has 0 fully saturated rings. The van der Waals surface area contributed by atoms with Gasteiger partial charge in [0.05, 0.1) is 10.7 Å². The topological polar surface area (TPSA) is 113 Å². The first kappa shape index (κ1) is 18.9. The molecule has 1 heterocycles. The highest BCUT2D eigenvalue weighted by molar-refractivity contribution is 7.97. The SMILES string of the molecule is N/N=C(\S)CCCCc1ccc(NC(=O)C(O)c2ccccc2)nn1. The lowest BCUT2D eigenvalue weighted by Crippen LogP contribution is -2.21. The first-order valence-electron chi connectivity index (χ1n) is 7.92. The average Bonchev–Trinajstić information content (AvgIpc) is 2.66. The second kappa shape index (κ2) is 9.75. The molecule has 0 aliphatic heterocycles. The Morgan fingerprint density at radius 1 is 1.20 bits per heavy atom. The van der Waals surface area contributed by atoms with E-state index in [4.69, 9.17) is 5.84 Å². The molecule has 4 N–H and O–H groups in total. The van der Waals surface area contributed by atoms with Gasteiger partial charge in [0.1, 0.15) is 0 Å². The number of hydrazone groups is 1. The van der Waals surface area contributed by atoms with Crippen LogP contribution < -0.4 is 11.2 Å². The molecule has 0 spiro atoms. The van der Waals surface area contributed by atoms with E-state index >= 15 is 0 Å². The number of aliphatic hydroxyl groups is 1. The Kier molecular flexibility index (Phi) is 7.36. The second-order valence-corrected chi connectivity index (χ2v) is 5.98. The summed E-state index contributed by atoms with van der Waals surface area (Å²) in [6.07, 6.45) is 2.07. The molecule has 0 saturated carbocycles. The minimum absolute atomic E-state index is 0.302. The lowest BCUT2D eigenvalue weighted by molar-refractivity contribution is -0.124. The van der Waals surface area contributed by atoms with Gasteiger partial charge in [0.2, 0.25) is 0 Å². The van der Waals surface area contributed by atoms with E-state index < -0.39 is 12.0 Å². The van der Waals surface area contributed by atoms with Gasteiger partial charge in [-0.3, -0.25) is 4.79 Å². The monoisotopic (exact) mass is 359 g/mol. The number of unbranched alkanes of at least 4 members (excludes halogenated alkanes) is 1. The summed E-state index contributed by atoms with van der Waals surface area (Å²) >= 11 is 4.11. The van der Waals surface area contributed by atoms with Gasteiger partial charge in [0.25, 0.3) is 5.91 Å². The van der Waals surface area contributed by atoms with Crippen LogP contribution in [0.5, 0.6) is 0 Å². The molecule has 2 aromatic rings. The van der Waals surface area contributed by atoms with Gasteiger partial charge < -0.3 is 16.3 Å². The van der Waals surface area contributed by atoms with Crippen LogP contribution in [0.4, 0.5) is 5.82 Å². The number of hydrogen-bond acceptors (Lipinski definition) is 6. The van der Waals surface area contributed by atoms with Gasteiger partial charge in [0, 0.05) is 0 Å². The molecule has 7 nitrogen and oxygen atoms in total. The minimum atomic E-state index is -1.25. The van der Waals surface area contributed by atoms with Crippen molar-refractivity contribution < 1.29 is 9.90 Å². The summed E-state index contributed by atoms with van der Waals surface area (Å²) in [6.45, 7) is 0. The summed E-state index contributed by atoms with van der Waals surface area (Å²) in [5.74, 6) is 4.87. The molecule has 0 radical (unpaired) electrons. The van der Waals surface area contributed by atoms with Crippen molar-refractivity contribution in [1.29, 1.82) is 0 Å². The zero-order chi connectivity index (χ0) is 18.1. The van der Waals surface area contributed by atoms with Crippen LogP contribution in [0.15, 0.2) is 47.6 Å². The summed E-state index contributed by atoms with van der Waals surface area (Å²) in [7, 11) is 0. The van der Waals surface area contributed by atoms with Crippen LogP contribution >= 0.6 is 12.6 Å². The van der Waals surface area contributed by atoms with Crippen LogP contribution in [-0.4, -0.2) is 26.3 Å². The average molecular weight is 359 g/mol. The molecular weight excluding hydrogens is 338 g/mol. The summed E-state index contributed by atoms with van der Waals surface area (Å²) in [5.41, 5.74) is 1.35. The zero-order valence-electron chi connectivity index (χ0n) is 13.7. The number of carbonyl (C=O) groups is 1. The maximum atomic E-state index is 12.0. The number of nitrogens with two attached hydrogens (primary N) is 1. The predicted octanol–water partition coefficient (Wildman–Crippen LogP) is 2.06.